The maximum Gasteiger partial charge on any atom is 0.453 e. The number of carbonyl (C=O) groups is 1. The van der Waals surface area contributed by atoms with Crippen molar-refractivity contribution >= 4 is 22.8 Å². The second kappa shape index (κ2) is 6.02. The van der Waals surface area contributed by atoms with E-state index in [-0.39, 0.29) is 17.6 Å². The van der Waals surface area contributed by atoms with Gasteiger partial charge in [-0.25, -0.2) is 14.8 Å². The van der Waals surface area contributed by atoms with E-state index in [4.69, 9.17) is 4.74 Å². The van der Waals surface area contributed by atoms with Crippen LogP contribution in [0.15, 0.2) is 24.5 Å². The van der Waals surface area contributed by atoms with Gasteiger partial charge in [-0.2, -0.15) is 0 Å². The van der Waals surface area contributed by atoms with Crippen LogP contribution in [0.1, 0.15) is 6.92 Å². The van der Waals surface area contributed by atoms with Crippen molar-refractivity contribution in [2.24, 2.45) is 0 Å². The third-order valence-corrected chi connectivity index (χ3v) is 2.50. The summed E-state index contributed by atoms with van der Waals surface area (Å²) in [4.78, 5) is 19.4. The van der Waals surface area contributed by atoms with Gasteiger partial charge < -0.3 is 9.47 Å². The lowest BCUT2D eigenvalue weighted by Gasteiger charge is -2.16. The van der Waals surface area contributed by atoms with Gasteiger partial charge in [0.15, 0.2) is 5.82 Å². The molecule has 1 heterocycles. The van der Waals surface area contributed by atoms with Crippen molar-refractivity contribution < 1.29 is 19.5 Å². The number of nitrogens with one attached hydrogen (secondary N) is 1. The molecule has 20 heavy (non-hydrogen) atoms. The van der Waals surface area contributed by atoms with Crippen molar-refractivity contribution in [1.29, 1.82) is 0 Å². The fourth-order valence-electron chi connectivity index (χ4n) is 1.58. The first-order valence-electron chi connectivity index (χ1n) is 5.87. The summed E-state index contributed by atoms with van der Waals surface area (Å²) in [5, 5.41) is 10.4. The highest BCUT2D eigenvalue weighted by atomic mass is 16.6. The lowest BCUT2D eigenvalue weighted by atomic mass is 10.2. The molecule has 106 valence electrons. The van der Waals surface area contributed by atoms with Gasteiger partial charge >= 0.3 is 6.09 Å². The zero-order chi connectivity index (χ0) is 14.5. The second-order valence-corrected chi connectivity index (χ2v) is 3.73. The van der Waals surface area contributed by atoms with Gasteiger partial charge in [-0.3, -0.25) is 10.6 Å². The Morgan fingerprint density at radius 1 is 1.45 bits per heavy atom. The number of hydrazine groups is 1. The quantitative estimate of drug-likeness (QED) is 0.650. The molecule has 0 aliphatic carbocycles. The smallest absolute Gasteiger partial charge is 0.453 e. The number of hydroxylamine groups is 1. The Morgan fingerprint density at radius 2 is 2.25 bits per heavy atom. The Bertz CT molecular complexity index is 619. The number of nitrogens with zero attached hydrogens (tertiary/aromatic N) is 3. The highest BCUT2D eigenvalue weighted by Gasteiger charge is 2.14. The topological polar surface area (TPSA) is 96.8 Å². The summed E-state index contributed by atoms with van der Waals surface area (Å²) < 4.78 is 9.76. The lowest BCUT2D eigenvalue weighted by molar-refractivity contribution is -0.0528. The minimum atomic E-state index is -0.929. The molecule has 0 radical (unpaired) electrons. The first kappa shape index (κ1) is 13.8. The van der Waals surface area contributed by atoms with Crippen LogP contribution < -0.4 is 10.2 Å². The van der Waals surface area contributed by atoms with Gasteiger partial charge in [0.2, 0.25) is 0 Å². The number of rotatable bonds is 4. The van der Waals surface area contributed by atoms with E-state index in [2.05, 4.69) is 20.1 Å². The average Bonchev–Trinajstić information content (AvgIpc) is 2.47. The SMILES string of the molecule is CCOC(=O)N(O)Nc1ncnc2ccc(OC)cc12. The van der Waals surface area contributed by atoms with Crippen LogP contribution in [-0.4, -0.2) is 40.2 Å². The molecule has 1 aromatic heterocycles. The molecule has 1 aromatic carbocycles. The molecular weight excluding hydrogens is 264 g/mol. The minimum Gasteiger partial charge on any atom is -0.497 e. The van der Waals surface area contributed by atoms with E-state index in [1.807, 2.05) is 0 Å². The van der Waals surface area contributed by atoms with Crippen LogP contribution in [0.3, 0.4) is 0 Å². The average molecular weight is 278 g/mol. The number of hydrogen-bond acceptors (Lipinski definition) is 7. The Hall–Kier alpha value is -2.61. The summed E-state index contributed by atoms with van der Waals surface area (Å²) in [6, 6.07) is 5.19. The summed E-state index contributed by atoms with van der Waals surface area (Å²) >= 11 is 0. The number of ether oxygens (including phenoxy) is 2. The molecule has 2 aromatic rings. The lowest BCUT2D eigenvalue weighted by Crippen LogP contribution is -2.34. The minimum absolute atomic E-state index is 0.149. The van der Waals surface area contributed by atoms with E-state index < -0.39 is 6.09 Å². The van der Waals surface area contributed by atoms with Gasteiger partial charge in [0.25, 0.3) is 0 Å². The van der Waals surface area contributed by atoms with E-state index in [1.54, 1.807) is 25.1 Å². The predicted octanol–water partition coefficient (Wildman–Crippen LogP) is 1.81. The Morgan fingerprint density at radius 3 is 2.95 bits per heavy atom. The fraction of sp³-hybridized carbons (Fsp3) is 0.250. The first-order valence-corrected chi connectivity index (χ1v) is 5.87. The Balaban J connectivity index is 2.31. The predicted molar refractivity (Wildman–Crippen MR) is 70.4 cm³/mol. The van der Waals surface area contributed by atoms with Crippen LogP contribution in [0, 0.1) is 0 Å². The maximum absolute atomic E-state index is 11.3. The zero-order valence-electron chi connectivity index (χ0n) is 11.0. The van der Waals surface area contributed by atoms with Gasteiger partial charge in [-0.15, -0.1) is 0 Å². The molecule has 1 amide bonds. The van der Waals surface area contributed by atoms with E-state index in [9.17, 15) is 10.0 Å². The van der Waals surface area contributed by atoms with Gasteiger partial charge in [-0.05, 0) is 25.1 Å². The second-order valence-electron chi connectivity index (χ2n) is 3.73. The van der Waals surface area contributed by atoms with Crippen molar-refractivity contribution in [3.8, 4) is 5.75 Å². The van der Waals surface area contributed by atoms with Crippen molar-refractivity contribution in [2.45, 2.75) is 6.92 Å². The molecule has 0 fully saturated rings. The molecule has 0 bridgehead atoms. The van der Waals surface area contributed by atoms with E-state index >= 15 is 0 Å². The highest BCUT2D eigenvalue weighted by Crippen LogP contribution is 2.24. The van der Waals surface area contributed by atoms with Crippen LogP contribution in [0.5, 0.6) is 5.75 Å². The molecule has 0 saturated carbocycles. The van der Waals surface area contributed by atoms with Gasteiger partial charge in [0, 0.05) is 5.39 Å². The summed E-state index contributed by atoms with van der Waals surface area (Å²) in [6.07, 6.45) is 0.387. The largest absolute Gasteiger partial charge is 0.497 e. The summed E-state index contributed by atoms with van der Waals surface area (Å²) in [6.45, 7) is 1.78. The van der Waals surface area contributed by atoms with Gasteiger partial charge in [0.05, 0.1) is 19.2 Å². The van der Waals surface area contributed by atoms with Crippen molar-refractivity contribution in [1.82, 2.24) is 15.1 Å². The molecule has 0 saturated heterocycles. The van der Waals surface area contributed by atoms with Crippen LogP contribution in [0.4, 0.5) is 10.6 Å². The molecule has 2 N–H and O–H groups in total. The number of carbonyl (C=O) groups excluding carboxylic acids is 1. The number of aromatic nitrogens is 2. The molecule has 8 heteroatoms. The number of fused-ring (bicyclic) bond motifs is 1. The Labute approximate surface area is 114 Å². The van der Waals surface area contributed by atoms with E-state index in [0.717, 1.165) is 0 Å². The fourth-order valence-corrected chi connectivity index (χ4v) is 1.58. The molecule has 0 spiro atoms. The summed E-state index contributed by atoms with van der Waals surface area (Å²) in [5.74, 6) is 0.862. The molecule has 0 aliphatic heterocycles. The molecule has 8 nitrogen and oxygen atoms in total. The number of methoxy groups -OCH3 is 1. The van der Waals surface area contributed by atoms with Crippen molar-refractivity contribution in [3.05, 3.63) is 24.5 Å². The number of anilines is 1. The highest BCUT2D eigenvalue weighted by molar-refractivity contribution is 5.90. The Kier molecular flexibility index (Phi) is 4.16. The molecule has 0 atom stereocenters. The summed E-state index contributed by atoms with van der Waals surface area (Å²) in [5.41, 5.74) is 3.07. The van der Waals surface area contributed by atoms with E-state index in [0.29, 0.717) is 16.7 Å². The van der Waals surface area contributed by atoms with Gasteiger partial charge in [0.1, 0.15) is 12.1 Å². The van der Waals surface area contributed by atoms with Crippen LogP contribution in [0.2, 0.25) is 0 Å². The monoisotopic (exact) mass is 278 g/mol. The van der Waals surface area contributed by atoms with Crippen LogP contribution in [0.25, 0.3) is 10.9 Å². The number of hydrogen-bond donors (Lipinski definition) is 2. The standard InChI is InChI=1S/C12H14N4O4/c1-3-20-12(17)16(18)15-11-9-6-8(19-2)4-5-10(9)13-7-14-11/h4-7,18H,3H2,1-2H3,(H,13,14,15). The third-order valence-electron chi connectivity index (χ3n) is 2.50. The molecule has 0 unspecified atom stereocenters. The normalized spacial score (nSPS) is 10.2. The van der Waals surface area contributed by atoms with Crippen LogP contribution in [-0.2, 0) is 4.74 Å². The van der Waals surface area contributed by atoms with Crippen LogP contribution >= 0.6 is 0 Å². The molecular formula is C12H14N4O4. The maximum atomic E-state index is 11.3. The van der Waals surface area contributed by atoms with E-state index in [1.165, 1.54) is 13.4 Å². The first-order chi connectivity index (χ1) is 9.65. The molecule has 2 rings (SSSR count). The zero-order valence-corrected chi connectivity index (χ0v) is 11.0. The number of amides is 1. The third kappa shape index (κ3) is 2.86. The van der Waals surface area contributed by atoms with Crippen molar-refractivity contribution in [3.63, 3.8) is 0 Å². The van der Waals surface area contributed by atoms with Crippen molar-refractivity contribution in [2.75, 3.05) is 19.1 Å². The van der Waals surface area contributed by atoms with Gasteiger partial charge in [-0.1, -0.05) is 5.17 Å². The summed E-state index contributed by atoms with van der Waals surface area (Å²) in [7, 11) is 1.54. The number of benzene rings is 1. The molecule has 0 aliphatic rings.